The molecule has 0 radical (unpaired) electrons. The molecule has 0 aromatic heterocycles. The largest absolute Gasteiger partial charge is 0.356 e. The van der Waals surface area contributed by atoms with E-state index in [-0.39, 0.29) is 5.91 Å². The van der Waals surface area contributed by atoms with Crippen LogP contribution in [0.15, 0.2) is 18.2 Å². The number of nitrogens with one attached hydrogen (secondary N) is 1. The summed E-state index contributed by atoms with van der Waals surface area (Å²) in [4.78, 5) is 14.6. The van der Waals surface area contributed by atoms with E-state index in [0.717, 1.165) is 43.1 Å². The van der Waals surface area contributed by atoms with E-state index in [1.165, 1.54) is 23.4 Å². The van der Waals surface area contributed by atoms with Gasteiger partial charge in [0, 0.05) is 26.1 Å². The minimum Gasteiger partial charge on any atom is -0.356 e. The van der Waals surface area contributed by atoms with Crippen LogP contribution in [0.2, 0.25) is 0 Å². The molecule has 29 heavy (non-hydrogen) atoms. The Morgan fingerprint density at radius 1 is 1.28 bits per heavy atom. The van der Waals surface area contributed by atoms with Crippen molar-refractivity contribution in [2.45, 2.75) is 52.9 Å². The Kier molecular flexibility index (Phi) is 8.96. The fraction of sp³-hybridized carbons (Fsp3) is 0.682. The molecule has 0 aliphatic carbocycles. The maximum absolute atomic E-state index is 12.3. The summed E-state index contributed by atoms with van der Waals surface area (Å²) in [5.74, 6) is 0.764. The van der Waals surface area contributed by atoms with Crippen molar-refractivity contribution in [3.63, 3.8) is 0 Å². The number of anilines is 1. The van der Waals surface area contributed by atoms with E-state index < -0.39 is 10.0 Å². The number of rotatable bonds is 10. The first-order chi connectivity index (χ1) is 13.7. The average molecular weight is 424 g/mol. The molecule has 0 unspecified atom stereocenters. The number of sulfonamides is 1. The Labute approximate surface area is 176 Å². The van der Waals surface area contributed by atoms with Crippen LogP contribution >= 0.6 is 0 Å². The zero-order chi connectivity index (χ0) is 21.4. The summed E-state index contributed by atoms with van der Waals surface area (Å²) >= 11 is 0. The number of hydrogen-bond donors (Lipinski definition) is 1. The highest BCUT2D eigenvalue weighted by Crippen LogP contribution is 2.25. The van der Waals surface area contributed by atoms with Crippen LogP contribution in [0.3, 0.4) is 0 Å². The second-order valence-corrected chi connectivity index (χ2v) is 10.3. The lowest BCUT2D eigenvalue weighted by Crippen LogP contribution is -2.36. The first kappa shape index (κ1) is 23.7. The molecule has 1 aromatic carbocycles. The van der Waals surface area contributed by atoms with E-state index in [1.54, 1.807) is 0 Å². The van der Waals surface area contributed by atoms with Crippen molar-refractivity contribution in [1.29, 1.82) is 0 Å². The number of aryl methyl sites for hydroxylation is 1. The third-order valence-corrected chi connectivity index (χ3v) is 6.90. The summed E-state index contributed by atoms with van der Waals surface area (Å²) in [6.07, 6.45) is 5.59. The Bertz CT molecular complexity index is 780. The maximum Gasteiger partial charge on any atom is 0.232 e. The van der Waals surface area contributed by atoms with E-state index in [0.29, 0.717) is 31.6 Å². The summed E-state index contributed by atoms with van der Waals surface area (Å²) in [5, 5.41) is 2.97. The maximum atomic E-state index is 12.3. The number of amides is 1. The second kappa shape index (κ2) is 11.0. The summed E-state index contributed by atoms with van der Waals surface area (Å²) in [6.45, 7) is 10.5. The first-order valence-electron chi connectivity index (χ1n) is 10.7. The van der Waals surface area contributed by atoms with Crippen LogP contribution in [0.4, 0.5) is 5.69 Å². The number of nitrogens with zero attached hydrogens (tertiary/aromatic N) is 2. The lowest BCUT2D eigenvalue weighted by molar-refractivity contribution is -0.121. The van der Waals surface area contributed by atoms with Gasteiger partial charge in [0.2, 0.25) is 15.9 Å². The zero-order valence-corrected chi connectivity index (χ0v) is 19.2. The topological polar surface area (TPSA) is 69.7 Å². The van der Waals surface area contributed by atoms with Gasteiger partial charge in [0.1, 0.15) is 0 Å². The van der Waals surface area contributed by atoms with E-state index in [9.17, 15) is 13.2 Å². The number of carbonyl (C=O) groups excluding carboxylic acids is 1. The van der Waals surface area contributed by atoms with Crippen molar-refractivity contribution in [2.75, 3.05) is 43.3 Å². The van der Waals surface area contributed by atoms with Gasteiger partial charge in [0.05, 0.1) is 11.9 Å². The van der Waals surface area contributed by atoms with Crippen LogP contribution < -0.4 is 9.62 Å². The number of benzene rings is 1. The van der Waals surface area contributed by atoms with Gasteiger partial charge in [0.25, 0.3) is 0 Å². The van der Waals surface area contributed by atoms with Gasteiger partial charge < -0.3 is 10.2 Å². The predicted octanol–water partition coefficient (Wildman–Crippen LogP) is 3.09. The highest BCUT2D eigenvalue weighted by molar-refractivity contribution is 7.92. The molecule has 1 aromatic rings. The van der Waals surface area contributed by atoms with Crippen molar-refractivity contribution in [1.82, 2.24) is 10.2 Å². The Morgan fingerprint density at radius 2 is 2.03 bits per heavy atom. The molecular formula is C22H37N3O3S. The molecule has 0 bridgehead atoms. The first-order valence-corrected chi connectivity index (χ1v) is 12.6. The van der Waals surface area contributed by atoms with E-state index in [4.69, 9.17) is 0 Å². The standard InChI is InChI=1S/C22H37N3O3S/c1-18-9-6-14-24(17-18)15-8-13-23-22(26)12-7-16-25(29(4,27)28)21-11-5-10-19(2)20(21)3/h5,10-11,18H,6-9,12-17H2,1-4H3,(H,23,26)/t18-/m1/s1. The predicted molar refractivity (Wildman–Crippen MR) is 120 cm³/mol. The van der Waals surface area contributed by atoms with Crippen molar-refractivity contribution >= 4 is 21.6 Å². The molecule has 0 saturated carbocycles. The molecule has 1 aliphatic heterocycles. The smallest absolute Gasteiger partial charge is 0.232 e. The van der Waals surface area contributed by atoms with Gasteiger partial charge in [-0.2, -0.15) is 0 Å². The third-order valence-electron chi connectivity index (χ3n) is 5.72. The fourth-order valence-electron chi connectivity index (χ4n) is 3.96. The number of likely N-dealkylation sites (tertiary alicyclic amines) is 1. The molecule has 1 N–H and O–H groups in total. The molecule has 1 atom stereocenters. The second-order valence-electron chi connectivity index (χ2n) is 8.41. The van der Waals surface area contributed by atoms with Crippen molar-refractivity contribution < 1.29 is 13.2 Å². The fourth-order valence-corrected chi connectivity index (χ4v) is 4.98. The van der Waals surface area contributed by atoms with Gasteiger partial charge in [0.15, 0.2) is 0 Å². The quantitative estimate of drug-likeness (QED) is 0.587. The monoisotopic (exact) mass is 423 g/mol. The van der Waals surface area contributed by atoms with Crippen LogP contribution in [-0.2, 0) is 14.8 Å². The molecule has 1 saturated heterocycles. The molecule has 1 heterocycles. The van der Waals surface area contributed by atoms with Gasteiger partial charge >= 0.3 is 0 Å². The van der Waals surface area contributed by atoms with Gasteiger partial charge in [-0.1, -0.05) is 19.1 Å². The summed E-state index contributed by atoms with van der Waals surface area (Å²) < 4.78 is 26.0. The highest BCUT2D eigenvalue weighted by Gasteiger charge is 2.20. The lowest BCUT2D eigenvalue weighted by atomic mass is 10.0. The molecule has 6 nitrogen and oxygen atoms in total. The molecule has 0 spiro atoms. The lowest BCUT2D eigenvalue weighted by Gasteiger charge is -2.30. The van der Waals surface area contributed by atoms with Gasteiger partial charge in [-0.05, 0) is 75.7 Å². The minimum atomic E-state index is -3.40. The van der Waals surface area contributed by atoms with E-state index >= 15 is 0 Å². The van der Waals surface area contributed by atoms with E-state index in [2.05, 4.69) is 17.1 Å². The van der Waals surface area contributed by atoms with Crippen molar-refractivity contribution in [3.8, 4) is 0 Å². The number of hydrogen-bond acceptors (Lipinski definition) is 4. The normalized spacial score (nSPS) is 17.9. The summed E-state index contributed by atoms with van der Waals surface area (Å²) in [6, 6.07) is 5.66. The van der Waals surface area contributed by atoms with Crippen LogP contribution in [0, 0.1) is 19.8 Å². The Balaban J connectivity index is 1.74. The van der Waals surface area contributed by atoms with Crippen molar-refractivity contribution in [2.24, 2.45) is 5.92 Å². The van der Waals surface area contributed by atoms with Gasteiger partial charge in [-0.15, -0.1) is 0 Å². The molecule has 164 valence electrons. The van der Waals surface area contributed by atoms with Gasteiger partial charge in [-0.3, -0.25) is 9.10 Å². The molecular weight excluding hydrogens is 386 g/mol. The average Bonchev–Trinajstić information content (AvgIpc) is 2.64. The molecule has 7 heteroatoms. The highest BCUT2D eigenvalue weighted by atomic mass is 32.2. The van der Waals surface area contributed by atoms with Crippen LogP contribution in [0.25, 0.3) is 0 Å². The van der Waals surface area contributed by atoms with Gasteiger partial charge in [-0.25, -0.2) is 8.42 Å². The number of carbonyl (C=O) groups is 1. The Hall–Kier alpha value is -1.60. The molecule has 1 fully saturated rings. The molecule has 1 amide bonds. The molecule has 1 aliphatic rings. The zero-order valence-electron chi connectivity index (χ0n) is 18.4. The van der Waals surface area contributed by atoms with Crippen molar-refractivity contribution in [3.05, 3.63) is 29.3 Å². The number of piperidine rings is 1. The van der Waals surface area contributed by atoms with E-state index in [1.807, 2.05) is 32.0 Å². The van der Waals surface area contributed by atoms with Crippen LogP contribution in [0.1, 0.15) is 50.2 Å². The SMILES string of the molecule is Cc1cccc(N(CCCC(=O)NCCCN2CCC[C@@H](C)C2)S(C)(=O)=O)c1C. The van der Waals surface area contributed by atoms with Crippen LogP contribution in [0.5, 0.6) is 0 Å². The van der Waals surface area contributed by atoms with Crippen LogP contribution in [-0.4, -0.2) is 58.2 Å². The third kappa shape index (κ3) is 7.63. The summed E-state index contributed by atoms with van der Waals surface area (Å²) in [7, 11) is -3.40. The summed E-state index contributed by atoms with van der Waals surface area (Å²) in [5.41, 5.74) is 2.70. The molecule has 2 rings (SSSR count). The minimum absolute atomic E-state index is 0.00794. The Morgan fingerprint density at radius 3 is 2.72 bits per heavy atom.